The number of aliphatic hydroxyl groups is 1. The maximum absolute atomic E-state index is 12.1. The second-order valence-electron chi connectivity index (χ2n) is 5.62. The maximum Gasteiger partial charge on any atom is 0.234 e. The van der Waals surface area contributed by atoms with Crippen molar-refractivity contribution >= 4 is 5.91 Å². The third-order valence-electron chi connectivity index (χ3n) is 3.78. The third kappa shape index (κ3) is 4.72. The largest absolute Gasteiger partial charge is 0.497 e. The summed E-state index contributed by atoms with van der Waals surface area (Å²) < 4.78 is 5.17. The maximum atomic E-state index is 12.1. The number of carbonyl (C=O) groups is 1. The highest BCUT2D eigenvalue weighted by molar-refractivity contribution is 5.78. The van der Waals surface area contributed by atoms with Crippen LogP contribution >= 0.6 is 0 Å². The zero-order chi connectivity index (χ0) is 15.2. The Morgan fingerprint density at radius 3 is 2.62 bits per heavy atom. The lowest BCUT2D eigenvalue weighted by molar-refractivity contribution is -0.122. The molecule has 1 saturated carbocycles. The molecule has 1 amide bonds. The van der Waals surface area contributed by atoms with Crippen molar-refractivity contribution in [3.63, 3.8) is 0 Å². The lowest BCUT2D eigenvalue weighted by atomic mass is 10.0. The van der Waals surface area contributed by atoms with E-state index in [9.17, 15) is 4.79 Å². The molecule has 0 heterocycles. The molecule has 2 rings (SSSR count). The Morgan fingerprint density at radius 2 is 2.10 bits per heavy atom. The number of likely N-dealkylation sites (N-methyl/N-ethyl adjacent to an activating group) is 1. The van der Waals surface area contributed by atoms with Gasteiger partial charge in [0.1, 0.15) is 5.75 Å². The van der Waals surface area contributed by atoms with E-state index in [-0.39, 0.29) is 18.6 Å². The van der Waals surface area contributed by atoms with Crippen LogP contribution in [0.15, 0.2) is 24.3 Å². The van der Waals surface area contributed by atoms with E-state index in [0.717, 1.165) is 24.2 Å². The molecule has 0 aromatic heterocycles. The van der Waals surface area contributed by atoms with Crippen molar-refractivity contribution in [2.45, 2.75) is 18.9 Å². The molecule has 116 valence electrons. The molecule has 1 aliphatic carbocycles. The highest BCUT2D eigenvalue weighted by atomic mass is 16.5. The Morgan fingerprint density at radius 1 is 1.43 bits per heavy atom. The van der Waals surface area contributed by atoms with Crippen LogP contribution < -0.4 is 10.1 Å². The smallest absolute Gasteiger partial charge is 0.234 e. The molecule has 0 aliphatic heterocycles. The SMILES string of the molecule is COc1ccc(C(NC(=O)CN(C)CCO)C2CC2)cc1. The molecule has 21 heavy (non-hydrogen) atoms. The van der Waals surface area contributed by atoms with Crippen LogP contribution in [0.4, 0.5) is 0 Å². The Hall–Kier alpha value is -1.59. The molecular formula is C16H24N2O3. The molecule has 1 aliphatic rings. The van der Waals surface area contributed by atoms with Crippen molar-refractivity contribution in [2.24, 2.45) is 5.92 Å². The van der Waals surface area contributed by atoms with Crippen LogP contribution in [0.3, 0.4) is 0 Å². The third-order valence-corrected chi connectivity index (χ3v) is 3.78. The highest BCUT2D eigenvalue weighted by Gasteiger charge is 2.33. The Balaban J connectivity index is 1.97. The molecule has 1 atom stereocenters. The molecule has 5 nitrogen and oxygen atoms in total. The van der Waals surface area contributed by atoms with Crippen LogP contribution in [0, 0.1) is 5.92 Å². The van der Waals surface area contributed by atoms with Gasteiger partial charge in [-0.2, -0.15) is 0 Å². The molecule has 0 spiro atoms. The van der Waals surface area contributed by atoms with Gasteiger partial charge in [-0.1, -0.05) is 12.1 Å². The summed E-state index contributed by atoms with van der Waals surface area (Å²) in [6.07, 6.45) is 2.31. The average Bonchev–Trinajstić information content (AvgIpc) is 3.29. The van der Waals surface area contributed by atoms with E-state index in [2.05, 4.69) is 5.32 Å². The van der Waals surface area contributed by atoms with Gasteiger partial charge in [0.05, 0.1) is 26.3 Å². The first-order chi connectivity index (χ1) is 10.1. The van der Waals surface area contributed by atoms with Crippen LogP contribution in [-0.2, 0) is 4.79 Å². The summed E-state index contributed by atoms with van der Waals surface area (Å²) in [6, 6.07) is 7.95. The molecule has 0 saturated heterocycles. The number of carbonyl (C=O) groups excluding carboxylic acids is 1. The minimum atomic E-state index is -0.00123. The van der Waals surface area contributed by atoms with Crippen molar-refractivity contribution in [1.82, 2.24) is 10.2 Å². The highest BCUT2D eigenvalue weighted by Crippen LogP contribution is 2.41. The molecule has 1 fully saturated rings. The zero-order valence-electron chi connectivity index (χ0n) is 12.7. The van der Waals surface area contributed by atoms with Crippen LogP contribution in [0.5, 0.6) is 5.75 Å². The van der Waals surface area contributed by atoms with Crippen molar-refractivity contribution in [1.29, 1.82) is 0 Å². The second kappa shape index (κ2) is 7.43. The molecule has 1 aromatic carbocycles. The molecule has 1 unspecified atom stereocenters. The lowest BCUT2D eigenvalue weighted by Crippen LogP contribution is -2.38. The second-order valence-corrected chi connectivity index (χ2v) is 5.62. The Bertz CT molecular complexity index is 457. The zero-order valence-corrected chi connectivity index (χ0v) is 12.7. The van der Waals surface area contributed by atoms with Crippen LogP contribution in [0.25, 0.3) is 0 Å². The predicted molar refractivity (Wildman–Crippen MR) is 81.2 cm³/mol. The number of amides is 1. The lowest BCUT2D eigenvalue weighted by Gasteiger charge is -2.21. The van der Waals surface area contributed by atoms with Crippen LogP contribution in [0.2, 0.25) is 0 Å². The Kier molecular flexibility index (Phi) is 5.59. The van der Waals surface area contributed by atoms with Crippen molar-refractivity contribution in [2.75, 3.05) is 33.9 Å². The number of ether oxygens (including phenoxy) is 1. The van der Waals surface area contributed by atoms with Crippen molar-refractivity contribution < 1.29 is 14.6 Å². The first-order valence-corrected chi connectivity index (χ1v) is 7.36. The number of nitrogens with one attached hydrogen (secondary N) is 1. The van der Waals surface area contributed by atoms with Gasteiger partial charge >= 0.3 is 0 Å². The van der Waals surface area contributed by atoms with Crippen LogP contribution in [-0.4, -0.2) is 49.8 Å². The molecule has 0 radical (unpaired) electrons. The number of nitrogens with zero attached hydrogens (tertiary/aromatic N) is 1. The molecule has 5 heteroatoms. The summed E-state index contributed by atoms with van der Waals surface area (Å²) in [6.45, 7) is 0.873. The standard InChI is InChI=1S/C16H24N2O3/c1-18(9-10-19)11-15(20)17-16(12-3-4-12)13-5-7-14(21-2)8-6-13/h5-8,12,16,19H,3-4,9-11H2,1-2H3,(H,17,20). The molecule has 0 bridgehead atoms. The van der Waals surface area contributed by atoms with E-state index in [1.807, 2.05) is 36.2 Å². The van der Waals surface area contributed by atoms with Gasteiger partial charge in [0.15, 0.2) is 0 Å². The molecule has 2 N–H and O–H groups in total. The van der Waals surface area contributed by atoms with E-state index < -0.39 is 0 Å². The van der Waals surface area contributed by atoms with E-state index in [1.165, 1.54) is 0 Å². The summed E-state index contributed by atoms with van der Waals surface area (Å²) in [5.74, 6) is 1.35. The van der Waals surface area contributed by atoms with Gasteiger partial charge in [0.25, 0.3) is 0 Å². The van der Waals surface area contributed by atoms with Gasteiger partial charge in [0.2, 0.25) is 5.91 Å². The first-order valence-electron chi connectivity index (χ1n) is 7.36. The van der Waals surface area contributed by atoms with Crippen molar-refractivity contribution in [3.8, 4) is 5.75 Å². The fourth-order valence-corrected chi connectivity index (χ4v) is 2.43. The topological polar surface area (TPSA) is 61.8 Å². The van der Waals surface area contributed by atoms with Gasteiger partial charge in [-0.05, 0) is 43.5 Å². The predicted octanol–water partition coefficient (Wildman–Crippen LogP) is 1.19. The Labute approximate surface area is 125 Å². The number of rotatable bonds is 8. The fraction of sp³-hybridized carbons (Fsp3) is 0.562. The minimum absolute atomic E-state index is 0.00123. The number of hydrogen-bond acceptors (Lipinski definition) is 4. The molecule has 1 aromatic rings. The number of methoxy groups -OCH3 is 1. The monoisotopic (exact) mass is 292 g/mol. The summed E-state index contributed by atoms with van der Waals surface area (Å²) in [7, 11) is 3.47. The normalized spacial score (nSPS) is 15.8. The van der Waals surface area contributed by atoms with Gasteiger partial charge < -0.3 is 15.2 Å². The van der Waals surface area contributed by atoms with E-state index in [0.29, 0.717) is 19.0 Å². The van der Waals surface area contributed by atoms with Gasteiger partial charge in [-0.3, -0.25) is 9.69 Å². The van der Waals surface area contributed by atoms with Crippen LogP contribution in [0.1, 0.15) is 24.4 Å². The van der Waals surface area contributed by atoms with Gasteiger partial charge in [0, 0.05) is 6.54 Å². The van der Waals surface area contributed by atoms with E-state index in [1.54, 1.807) is 7.11 Å². The summed E-state index contributed by atoms with van der Waals surface area (Å²) >= 11 is 0. The number of benzene rings is 1. The van der Waals surface area contributed by atoms with E-state index in [4.69, 9.17) is 9.84 Å². The van der Waals surface area contributed by atoms with E-state index >= 15 is 0 Å². The molecular weight excluding hydrogens is 268 g/mol. The van der Waals surface area contributed by atoms with Gasteiger partial charge in [-0.15, -0.1) is 0 Å². The summed E-state index contributed by atoms with van der Waals surface area (Å²) in [5.41, 5.74) is 1.12. The minimum Gasteiger partial charge on any atom is -0.497 e. The van der Waals surface area contributed by atoms with Crippen molar-refractivity contribution in [3.05, 3.63) is 29.8 Å². The average molecular weight is 292 g/mol. The first kappa shape index (κ1) is 15.8. The summed E-state index contributed by atoms with van der Waals surface area (Å²) in [4.78, 5) is 13.9. The number of hydrogen-bond donors (Lipinski definition) is 2. The fourth-order valence-electron chi connectivity index (χ4n) is 2.43. The quantitative estimate of drug-likeness (QED) is 0.755. The summed E-state index contributed by atoms with van der Waals surface area (Å²) in [5, 5.41) is 12.0. The van der Waals surface area contributed by atoms with Gasteiger partial charge in [-0.25, -0.2) is 0 Å². The number of aliphatic hydroxyl groups excluding tert-OH is 1.